The number of methoxy groups -OCH3 is 2. The summed E-state index contributed by atoms with van der Waals surface area (Å²) in [5, 5.41) is 0. The van der Waals surface area contributed by atoms with Crippen LogP contribution in [0, 0.1) is 5.92 Å². The lowest BCUT2D eigenvalue weighted by atomic mass is 9.78. The van der Waals surface area contributed by atoms with E-state index in [1.165, 1.54) is 5.57 Å². The molecule has 2 rings (SSSR count). The van der Waals surface area contributed by atoms with Gasteiger partial charge in [0.1, 0.15) is 5.78 Å². The third-order valence-corrected chi connectivity index (χ3v) is 3.78. The quantitative estimate of drug-likeness (QED) is 0.754. The van der Waals surface area contributed by atoms with Crippen molar-refractivity contribution in [2.24, 2.45) is 5.92 Å². The summed E-state index contributed by atoms with van der Waals surface area (Å²) in [6.07, 6.45) is 7.27. The van der Waals surface area contributed by atoms with Crippen LogP contribution < -0.4 is 0 Å². The second kappa shape index (κ2) is 5.15. The molecule has 0 radical (unpaired) electrons. The number of ketones is 1. The van der Waals surface area contributed by atoms with Gasteiger partial charge in [-0.05, 0) is 37.3 Å². The molecule has 0 amide bonds. The number of hydrogen-bond acceptors (Lipinski definition) is 3. The van der Waals surface area contributed by atoms with Gasteiger partial charge >= 0.3 is 0 Å². The van der Waals surface area contributed by atoms with Gasteiger partial charge in [-0.3, -0.25) is 4.79 Å². The standard InChI is InChI=1S/C14H20O3/c1-9(15)10-4-5-11-12(8-10)14(17-3)7-6-13(11)16-2/h5,8,10,13-14H,4,6-7H2,1-3H3. The Balaban J connectivity index is 2.28. The fourth-order valence-corrected chi connectivity index (χ4v) is 2.75. The molecule has 2 aliphatic rings. The van der Waals surface area contributed by atoms with E-state index in [4.69, 9.17) is 9.47 Å². The molecule has 2 aliphatic carbocycles. The van der Waals surface area contributed by atoms with Gasteiger partial charge in [0.15, 0.2) is 0 Å². The summed E-state index contributed by atoms with van der Waals surface area (Å²) in [5.74, 6) is 0.240. The Morgan fingerprint density at radius 2 is 1.76 bits per heavy atom. The van der Waals surface area contributed by atoms with E-state index >= 15 is 0 Å². The molecule has 3 atom stereocenters. The highest BCUT2D eigenvalue weighted by Gasteiger charge is 2.33. The number of allylic oxidation sites excluding steroid dienone is 2. The van der Waals surface area contributed by atoms with Gasteiger partial charge in [-0.2, -0.15) is 0 Å². The molecule has 0 bridgehead atoms. The van der Waals surface area contributed by atoms with Crippen molar-refractivity contribution in [3.05, 3.63) is 23.3 Å². The summed E-state index contributed by atoms with van der Waals surface area (Å²) in [4.78, 5) is 11.5. The van der Waals surface area contributed by atoms with Crippen LogP contribution in [-0.4, -0.2) is 32.2 Å². The fourth-order valence-electron chi connectivity index (χ4n) is 2.75. The van der Waals surface area contributed by atoms with Crippen LogP contribution in [0.1, 0.15) is 26.2 Å². The maximum absolute atomic E-state index is 11.5. The van der Waals surface area contributed by atoms with Gasteiger partial charge in [0.2, 0.25) is 0 Å². The smallest absolute Gasteiger partial charge is 0.136 e. The molecule has 0 spiro atoms. The zero-order valence-electron chi connectivity index (χ0n) is 10.7. The molecular formula is C14H20O3. The number of carbonyl (C=O) groups excluding carboxylic acids is 1. The molecule has 0 aromatic carbocycles. The number of ether oxygens (including phenoxy) is 2. The minimum absolute atomic E-state index is 0.0157. The van der Waals surface area contributed by atoms with Crippen LogP contribution in [0.4, 0.5) is 0 Å². The molecule has 3 heteroatoms. The van der Waals surface area contributed by atoms with E-state index in [1.807, 2.05) is 0 Å². The number of fused-ring (bicyclic) bond motifs is 1. The Morgan fingerprint density at radius 3 is 2.29 bits per heavy atom. The second-order valence-corrected chi connectivity index (χ2v) is 4.76. The minimum Gasteiger partial charge on any atom is -0.377 e. The molecule has 0 aromatic heterocycles. The van der Waals surface area contributed by atoms with Gasteiger partial charge in [0.05, 0.1) is 12.2 Å². The molecule has 3 unspecified atom stereocenters. The van der Waals surface area contributed by atoms with Crippen LogP contribution in [0.15, 0.2) is 23.3 Å². The van der Waals surface area contributed by atoms with Crippen LogP contribution in [-0.2, 0) is 14.3 Å². The number of carbonyl (C=O) groups is 1. The number of hydrogen-bond donors (Lipinski definition) is 0. The predicted octanol–water partition coefficient (Wildman–Crippen LogP) is 2.27. The molecular weight excluding hydrogens is 216 g/mol. The first-order valence-corrected chi connectivity index (χ1v) is 6.15. The molecule has 0 saturated heterocycles. The largest absolute Gasteiger partial charge is 0.377 e. The van der Waals surface area contributed by atoms with Crippen molar-refractivity contribution in [2.45, 2.75) is 38.4 Å². The van der Waals surface area contributed by atoms with Gasteiger partial charge < -0.3 is 9.47 Å². The normalized spacial score (nSPS) is 32.5. The number of Topliss-reactive ketones (excluding diaryl/α,β-unsaturated/α-hetero) is 1. The molecule has 3 nitrogen and oxygen atoms in total. The van der Waals surface area contributed by atoms with Crippen LogP contribution in [0.3, 0.4) is 0 Å². The van der Waals surface area contributed by atoms with Crippen LogP contribution in [0.2, 0.25) is 0 Å². The third-order valence-electron chi connectivity index (χ3n) is 3.78. The van der Waals surface area contributed by atoms with Gasteiger partial charge in [0, 0.05) is 20.1 Å². The van der Waals surface area contributed by atoms with Crippen molar-refractivity contribution in [3.63, 3.8) is 0 Å². The lowest BCUT2D eigenvalue weighted by molar-refractivity contribution is -0.119. The lowest BCUT2D eigenvalue weighted by Gasteiger charge is -2.35. The molecule has 0 heterocycles. The highest BCUT2D eigenvalue weighted by atomic mass is 16.5. The Kier molecular flexibility index (Phi) is 3.79. The average Bonchev–Trinajstić information content (AvgIpc) is 2.36. The van der Waals surface area contributed by atoms with Crippen molar-refractivity contribution in [1.29, 1.82) is 0 Å². The van der Waals surface area contributed by atoms with E-state index in [2.05, 4.69) is 12.2 Å². The lowest BCUT2D eigenvalue weighted by Crippen LogP contribution is -2.32. The van der Waals surface area contributed by atoms with E-state index in [-0.39, 0.29) is 23.9 Å². The van der Waals surface area contributed by atoms with Crippen molar-refractivity contribution in [2.75, 3.05) is 14.2 Å². The van der Waals surface area contributed by atoms with Crippen molar-refractivity contribution < 1.29 is 14.3 Å². The highest BCUT2D eigenvalue weighted by Crippen LogP contribution is 2.37. The molecule has 0 aliphatic heterocycles. The van der Waals surface area contributed by atoms with E-state index < -0.39 is 0 Å². The molecule has 94 valence electrons. The molecule has 1 fully saturated rings. The number of rotatable bonds is 3. The third kappa shape index (κ3) is 2.35. The summed E-state index contributed by atoms with van der Waals surface area (Å²) < 4.78 is 11.0. The van der Waals surface area contributed by atoms with E-state index in [0.29, 0.717) is 0 Å². The van der Waals surface area contributed by atoms with Crippen molar-refractivity contribution in [1.82, 2.24) is 0 Å². The first kappa shape index (κ1) is 12.5. The monoisotopic (exact) mass is 236 g/mol. The van der Waals surface area contributed by atoms with Crippen LogP contribution in [0.5, 0.6) is 0 Å². The maximum Gasteiger partial charge on any atom is 0.136 e. The zero-order valence-corrected chi connectivity index (χ0v) is 10.7. The van der Waals surface area contributed by atoms with E-state index in [0.717, 1.165) is 24.8 Å². The average molecular weight is 236 g/mol. The molecule has 0 N–H and O–H groups in total. The predicted molar refractivity (Wildman–Crippen MR) is 65.8 cm³/mol. The van der Waals surface area contributed by atoms with Gasteiger partial charge in [0.25, 0.3) is 0 Å². The van der Waals surface area contributed by atoms with Crippen molar-refractivity contribution >= 4 is 5.78 Å². The second-order valence-electron chi connectivity index (χ2n) is 4.76. The zero-order chi connectivity index (χ0) is 12.4. The first-order valence-electron chi connectivity index (χ1n) is 6.15. The summed E-state index contributed by atoms with van der Waals surface area (Å²) in [6.45, 7) is 1.65. The van der Waals surface area contributed by atoms with E-state index in [1.54, 1.807) is 21.1 Å². The molecule has 17 heavy (non-hydrogen) atoms. The van der Waals surface area contributed by atoms with Gasteiger partial charge in [-0.25, -0.2) is 0 Å². The summed E-state index contributed by atoms with van der Waals surface area (Å²) in [6, 6.07) is 0. The van der Waals surface area contributed by atoms with Gasteiger partial charge in [-0.1, -0.05) is 12.2 Å². The maximum atomic E-state index is 11.5. The Morgan fingerprint density at radius 1 is 1.18 bits per heavy atom. The van der Waals surface area contributed by atoms with E-state index in [9.17, 15) is 4.79 Å². The molecule has 1 saturated carbocycles. The van der Waals surface area contributed by atoms with Crippen LogP contribution >= 0.6 is 0 Å². The summed E-state index contributed by atoms with van der Waals surface area (Å²) in [7, 11) is 3.47. The molecule has 0 aromatic rings. The summed E-state index contributed by atoms with van der Waals surface area (Å²) >= 11 is 0. The minimum atomic E-state index is 0.0157. The SMILES string of the molecule is COC1CCC(OC)C2=CC(C(C)=O)CC=C21. The summed E-state index contributed by atoms with van der Waals surface area (Å²) in [5.41, 5.74) is 2.39. The van der Waals surface area contributed by atoms with Crippen LogP contribution in [0.25, 0.3) is 0 Å². The highest BCUT2D eigenvalue weighted by molar-refractivity contribution is 5.81. The van der Waals surface area contributed by atoms with Gasteiger partial charge in [-0.15, -0.1) is 0 Å². The topological polar surface area (TPSA) is 35.5 Å². The Labute approximate surface area is 102 Å². The fraction of sp³-hybridized carbons (Fsp3) is 0.643. The Bertz CT molecular complexity index is 368. The van der Waals surface area contributed by atoms with Crippen molar-refractivity contribution in [3.8, 4) is 0 Å². The Hall–Kier alpha value is -0.930. The first-order chi connectivity index (χ1) is 8.17.